The van der Waals surface area contributed by atoms with Crippen molar-refractivity contribution >= 4 is 17.8 Å². The van der Waals surface area contributed by atoms with Crippen molar-refractivity contribution in [3.8, 4) is 0 Å². The summed E-state index contributed by atoms with van der Waals surface area (Å²) in [4.78, 5) is 24.4. The molecule has 2 fully saturated rings. The van der Waals surface area contributed by atoms with E-state index in [0.29, 0.717) is 48.7 Å². The molecule has 2 amide bonds. The highest BCUT2D eigenvalue weighted by Crippen LogP contribution is 2.39. The number of carbonyl (C=O) groups excluding carboxylic acids is 1. The van der Waals surface area contributed by atoms with Crippen LogP contribution in [0.1, 0.15) is 83.1 Å². The van der Waals surface area contributed by atoms with Gasteiger partial charge in [-0.15, -0.1) is 0 Å². The van der Waals surface area contributed by atoms with Crippen molar-refractivity contribution in [1.82, 2.24) is 25.3 Å². The van der Waals surface area contributed by atoms with Gasteiger partial charge in [-0.25, -0.2) is 4.79 Å². The van der Waals surface area contributed by atoms with Crippen LogP contribution in [0.5, 0.6) is 0 Å². The van der Waals surface area contributed by atoms with Crippen LogP contribution >= 0.6 is 0 Å². The maximum absolute atomic E-state index is 13.4. The number of aliphatic imine (C=N–C) groups is 1. The van der Waals surface area contributed by atoms with E-state index in [1.807, 2.05) is 57.3 Å². The Morgan fingerprint density at radius 3 is 2.60 bits per heavy atom. The zero-order valence-electron chi connectivity index (χ0n) is 29.1. The fourth-order valence-electron chi connectivity index (χ4n) is 6.50. The molecule has 12 nitrogen and oxygen atoms in total. The molecule has 7 N–H and O–H groups in total. The van der Waals surface area contributed by atoms with Gasteiger partial charge in [-0.2, -0.15) is 0 Å². The molecule has 0 radical (unpaired) electrons. The van der Waals surface area contributed by atoms with E-state index >= 15 is 0 Å². The maximum Gasteiger partial charge on any atom is 0.320 e. The first kappa shape index (κ1) is 35.4. The number of nitrogens with one attached hydrogen (secondary N) is 3. The zero-order valence-corrected chi connectivity index (χ0v) is 29.1. The number of amidine groups is 1. The Labute approximate surface area is 285 Å². The second kappa shape index (κ2) is 16.0. The summed E-state index contributed by atoms with van der Waals surface area (Å²) in [6.07, 6.45) is 11.5. The molecule has 1 aromatic rings. The van der Waals surface area contributed by atoms with E-state index in [1.165, 1.54) is 6.42 Å². The number of fused-ring (bicyclic) bond motifs is 1. The van der Waals surface area contributed by atoms with Gasteiger partial charge in [0.1, 0.15) is 23.9 Å². The molecule has 262 valence electrons. The predicted octanol–water partition coefficient (Wildman–Crippen LogP) is 4.30. The summed E-state index contributed by atoms with van der Waals surface area (Å²) in [5.41, 5.74) is 15.2. The number of likely N-dealkylation sites (tertiary alicyclic amines) is 1. The number of guanidine groups is 1. The Bertz CT molecular complexity index is 1410. The van der Waals surface area contributed by atoms with Gasteiger partial charge >= 0.3 is 6.03 Å². The quantitative estimate of drug-likeness (QED) is 0.214. The molecule has 48 heavy (non-hydrogen) atoms. The zero-order chi connectivity index (χ0) is 34.3. The normalized spacial score (nSPS) is 25.6. The molecule has 4 atom stereocenters. The number of hydrogen-bond donors (Lipinski definition) is 5. The van der Waals surface area contributed by atoms with Gasteiger partial charge in [-0.05, 0) is 68.4 Å². The molecule has 1 aromatic carbocycles. The van der Waals surface area contributed by atoms with Crippen molar-refractivity contribution in [3.05, 3.63) is 71.3 Å². The summed E-state index contributed by atoms with van der Waals surface area (Å²) in [6.45, 7) is 13.7. The summed E-state index contributed by atoms with van der Waals surface area (Å²) in [7, 11) is 0. The summed E-state index contributed by atoms with van der Waals surface area (Å²) in [5, 5.41) is 15.1. The molecule has 4 aliphatic rings. The van der Waals surface area contributed by atoms with Crippen LogP contribution in [0.2, 0.25) is 0 Å². The average Bonchev–Trinajstić information content (AvgIpc) is 3.06. The van der Waals surface area contributed by atoms with Gasteiger partial charge in [0.2, 0.25) is 0 Å². The number of ether oxygens (including phenoxy) is 2. The highest BCUT2D eigenvalue weighted by atomic mass is 16.5. The maximum atomic E-state index is 13.4. The molecule has 3 heterocycles. The number of urea groups is 1. The van der Waals surface area contributed by atoms with Crippen LogP contribution in [0, 0.1) is 10.8 Å². The minimum Gasteiger partial charge on any atom is -0.484 e. The molecule has 5 rings (SSSR count). The first-order valence-electron chi connectivity index (χ1n) is 17.4. The Hall–Kier alpha value is -3.87. The van der Waals surface area contributed by atoms with E-state index in [0.717, 1.165) is 63.4 Å². The van der Waals surface area contributed by atoms with Crippen LogP contribution in [-0.4, -0.2) is 90.7 Å². The van der Waals surface area contributed by atoms with Crippen LogP contribution < -0.4 is 22.1 Å². The standard InChI is InChI=1S/C36H55N9O3/c1-25-9-7-8-17-44(25)34(39)45-24-26(12-15-32(45)38)48-30-14-13-29(27-10-5-6-11-28(27)30)41-35(46)42-33(23-31(37)36(2,3)4)40-16-18-43-19-21-47-22-20-43/h5-6,10-12,15,23-25,29-30,32,39H,7-9,13-14,16-22,37-38H2,1-4H3,(H2,40,41,42,46)/b31-23-,39-34?/t25-,29-,30+,32?/m0/s1. The molecule has 0 spiro atoms. The van der Waals surface area contributed by atoms with Crippen LogP contribution in [0.3, 0.4) is 0 Å². The van der Waals surface area contributed by atoms with Gasteiger partial charge in [-0.1, -0.05) is 45.0 Å². The second-order valence-electron chi connectivity index (χ2n) is 14.2. The molecule has 0 aromatic heterocycles. The number of amides is 2. The molecular formula is C36H55N9O3. The highest BCUT2D eigenvalue weighted by Gasteiger charge is 2.32. The van der Waals surface area contributed by atoms with Crippen molar-refractivity contribution in [2.75, 3.05) is 45.9 Å². The Morgan fingerprint density at radius 1 is 1.12 bits per heavy atom. The lowest BCUT2D eigenvalue weighted by Gasteiger charge is -2.41. The number of allylic oxidation sites excluding steroid dienone is 2. The summed E-state index contributed by atoms with van der Waals surface area (Å²) in [6, 6.07) is 7.87. The number of morpholine rings is 1. The first-order chi connectivity index (χ1) is 23.0. The largest absolute Gasteiger partial charge is 0.484 e. The van der Waals surface area contributed by atoms with Gasteiger partial charge in [0.25, 0.3) is 0 Å². The molecule has 1 aliphatic carbocycles. The number of hydrogen-bond acceptors (Lipinski definition) is 8. The lowest BCUT2D eigenvalue weighted by Crippen LogP contribution is -2.53. The third kappa shape index (κ3) is 9.18. The molecular weight excluding hydrogens is 606 g/mol. The number of carbonyl (C=O) groups is 1. The molecule has 3 aliphatic heterocycles. The average molecular weight is 662 g/mol. The summed E-state index contributed by atoms with van der Waals surface area (Å²) in [5.74, 6) is 1.51. The highest BCUT2D eigenvalue weighted by molar-refractivity contribution is 6.04. The number of nitrogens with zero attached hydrogens (tertiary/aromatic N) is 4. The molecule has 1 unspecified atom stereocenters. The van der Waals surface area contributed by atoms with E-state index in [9.17, 15) is 4.79 Å². The van der Waals surface area contributed by atoms with Crippen LogP contribution in [0.4, 0.5) is 4.79 Å². The molecule has 12 heteroatoms. The van der Waals surface area contributed by atoms with Gasteiger partial charge in [0.05, 0.1) is 32.0 Å². The predicted molar refractivity (Wildman–Crippen MR) is 190 cm³/mol. The number of benzene rings is 1. The Balaban J connectivity index is 1.25. The van der Waals surface area contributed by atoms with Crippen molar-refractivity contribution in [1.29, 1.82) is 5.41 Å². The van der Waals surface area contributed by atoms with E-state index in [2.05, 4.69) is 33.4 Å². The van der Waals surface area contributed by atoms with Gasteiger partial charge < -0.3 is 31.2 Å². The fraction of sp³-hybridized carbons (Fsp3) is 0.583. The SMILES string of the molecule is C[C@H]1CCCCN1C(=N)N1C=C(O[C@@H]2CC[C@H](NC(=O)NC(/C=C(\N)C(C)(C)C)=NCCN3CCOCC3)c3ccccc32)C=CC1N. The third-order valence-electron chi connectivity index (χ3n) is 9.59. The van der Waals surface area contributed by atoms with Gasteiger partial charge in [-0.3, -0.25) is 25.5 Å². The van der Waals surface area contributed by atoms with E-state index in [1.54, 1.807) is 11.0 Å². The number of piperidine rings is 1. The minimum absolute atomic E-state index is 0.200. The topological polar surface area (TPSA) is 158 Å². The summed E-state index contributed by atoms with van der Waals surface area (Å²) < 4.78 is 12.0. The van der Waals surface area contributed by atoms with Crippen molar-refractivity contribution in [2.24, 2.45) is 21.9 Å². The minimum atomic E-state index is -0.425. The van der Waals surface area contributed by atoms with Crippen molar-refractivity contribution in [3.63, 3.8) is 0 Å². The van der Waals surface area contributed by atoms with E-state index in [4.69, 9.17) is 31.3 Å². The second-order valence-corrected chi connectivity index (χ2v) is 14.2. The number of nitrogens with two attached hydrogens (primary N) is 2. The van der Waals surface area contributed by atoms with Crippen LogP contribution in [-0.2, 0) is 9.47 Å². The molecule has 0 saturated carbocycles. The lowest BCUT2D eigenvalue weighted by atomic mass is 9.85. The van der Waals surface area contributed by atoms with Crippen LogP contribution in [0.15, 0.2) is 65.1 Å². The van der Waals surface area contributed by atoms with Crippen molar-refractivity contribution < 1.29 is 14.3 Å². The Morgan fingerprint density at radius 2 is 1.88 bits per heavy atom. The Kier molecular flexibility index (Phi) is 11.8. The summed E-state index contributed by atoms with van der Waals surface area (Å²) >= 11 is 0. The van der Waals surface area contributed by atoms with E-state index < -0.39 is 6.17 Å². The smallest absolute Gasteiger partial charge is 0.320 e. The van der Waals surface area contributed by atoms with E-state index in [-0.39, 0.29) is 23.6 Å². The first-order valence-corrected chi connectivity index (χ1v) is 17.4. The number of rotatable bonds is 7. The van der Waals surface area contributed by atoms with Crippen molar-refractivity contribution in [2.45, 2.75) is 84.2 Å². The van der Waals surface area contributed by atoms with Crippen LogP contribution in [0.25, 0.3) is 0 Å². The van der Waals surface area contributed by atoms with Gasteiger partial charge in [0.15, 0.2) is 5.96 Å². The third-order valence-corrected chi connectivity index (χ3v) is 9.59. The lowest BCUT2D eigenvalue weighted by molar-refractivity contribution is 0.0394. The fourth-order valence-corrected chi connectivity index (χ4v) is 6.50. The monoisotopic (exact) mass is 661 g/mol. The molecule has 2 saturated heterocycles. The molecule has 0 bridgehead atoms. The van der Waals surface area contributed by atoms with Gasteiger partial charge in [0, 0.05) is 43.3 Å².